The maximum Gasteiger partial charge on any atom is 0.334 e. The van der Waals surface area contributed by atoms with Gasteiger partial charge in [-0.2, -0.15) is 0 Å². The number of esters is 1. The molecule has 0 aliphatic carbocycles. The molecule has 156 valence electrons. The van der Waals surface area contributed by atoms with Crippen molar-refractivity contribution in [1.29, 1.82) is 0 Å². The monoisotopic (exact) mass is 436 g/mol. The van der Waals surface area contributed by atoms with Crippen molar-refractivity contribution in [1.82, 2.24) is 0 Å². The molecule has 6 nitrogen and oxygen atoms in total. The number of fused-ring (bicyclic) bond motifs is 1. The fraction of sp³-hybridized carbons (Fsp3) is 0.0833. The molecule has 4 rings (SSSR count). The summed E-state index contributed by atoms with van der Waals surface area (Å²) in [4.78, 5) is 25.1. The van der Waals surface area contributed by atoms with Crippen LogP contribution in [-0.2, 0) is 4.79 Å². The molecule has 0 bridgehead atoms. The van der Waals surface area contributed by atoms with E-state index in [1.54, 1.807) is 55.6 Å². The fourth-order valence-corrected chi connectivity index (χ4v) is 3.11. The van der Waals surface area contributed by atoms with E-state index in [1.807, 2.05) is 6.07 Å². The Hall–Kier alpha value is -3.77. The summed E-state index contributed by atoms with van der Waals surface area (Å²) in [6.45, 7) is 0. The first-order chi connectivity index (χ1) is 15.0. The van der Waals surface area contributed by atoms with E-state index in [0.29, 0.717) is 17.1 Å². The lowest BCUT2D eigenvalue weighted by Crippen LogP contribution is -2.14. The first-order valence-corrected chi connectivity index (χ1v) is 9.77. The van der Waals surface area contributed by atoms with Gasteiger partial charge in [-0.25, -0.2) is 4.79 Å². The lowest BCUT2D eigenvalue weighted by Gasteiger charge is -2.10. The van der Waals surface area contributed by atoms with Crippen LogP contribution in [-0.4, -0.2) is 13.1 Å². The van der Waals surface area contributed by atoms with E-state index in [1.165, 1.54) is 24.5 Å². The molecule has 0 fully saturated rings. The summed E-state index contributed by atoms with van der Waals surface area (Å²) >= 11 is 6.19. The number of hydrogen-bond acceptors (Lipinski definition) is 6. The maximum absolute atomic E-state index is 12.7. The second-order valence-corrected chi connectivity index (χ2v) is 7.00. The average molecular weight is 437 g/mol. The molecule has 0 saturated carbocycles. The third-order valence-electron chi connectivity index (χ3n) is 4.52. The van der Waals surface area contributed by atoms with Crippen molar-refractivity contribution in [2.45, 2.75) is 5.38 Å². The Morgan fingerprint density at radius 1 is 0.935 bits per heavy atom. The van der Waals surface area contributed by atoms with Gasteiger partial charge in [0.2, 0.25) is 11.2 Å². The Labute approximate surface area is 182 Å². The molecule has 0 spiro atoms. The molecule has 0 amide bonds. The highest BCUT2D eigenvalue weighted by molar-refractivity contribution is 6.30. The van der Waals surface area contributed by atoms with Gasteiger partial charge in [0.1, 0.15) is 29.1 Å². The van der Waals surface area contributed by atoms with Crippen LogP contribution in [0.5, 0.6) is 23.0 Å². The third kappa shape index (κ3) is 4.54. The molecular formula is C24H17ClO6. The zero-order valence-electron chi connectivity index (χ0n) is 16.4. The molecular weight excluding hydrogens is 420 g/mol. The second-order valence-electron chi connectivity index (χ2n) is 6.56. The number of carbonyl (C=O) groups excluding carboxylic acids is 1. The first kappa shape index (κ1) is 20.5. The van der Waals surface area contributed by atoms with Crippen molar-refractivity contribution in [3.8, 4) is 23.0 Å². The molecule has 4 aromatic rings. The van der Waals surface area contributed by atoms with Crippen LogP contribution >= 0.6 is 11.6 Å². The van der Waals surface area contributed by atoms with Crippen molar-refractivity contribution in [3.63, 3.8) is 0 Å². The van der Waals surface area contributed by atoms with Gasteiger partial charge in [-0.15, -0.1) is 11.6 Å². The zero-order valence-corrected chi connectivity index (χ0v) is 17.2. The van der Waals surface area contributed by atoms with Crippen molar-refractivity contribution >= 4 is 28.5 Å². The van der Waals surface area contributed by atoms with E-state index in [4.69, 9.17) is 30.2 Å². The Bertz CT molecular complexity index is 1260. The molecule has 0 radical (unpaired) electrons. The molecule has 1 atom stereocenters. The minimum Gasteiger partial charge on any atom is -0.497 e. The summed E-state index contributed by atoms with van der Waals surface area (Å²) in [5, 5.41) is -0.666. The van der Waals surface area contributed by atoms with Crippen molar-refractivity contribution < 1.29 is 23.4 Å². The number of alkyl halides is 1. The Balaban J connectivity index is 1.54. The molecule has 0 aliphatic rings. The summed E-state index contributed by atoms with van der Waals surface area (Å²) < 4.78 is 21.6. The Kier molecular flexibility index (Phi) is 5.91. The van der Waals surface area contributed by atoms with Gasteiger partial charge in [0, 0.05) is 6.07 Å². The predicted molar refractivity (Wildman–Crippen MR) is 116 cm³/mol. The fourth-order valence-electron chi connectivity index (χ4n) is 2.92. The lowest BCUT2D eigenvalue weighted by molar-refractivity contribution is -0.134. The van der Waals surface area contributed by atoms with E-state index < -0.39 is 11.3 Å². The molecule has 3 aromatic carbocycles. The van der Waals surface area contributed by atoms with Gasteiger partial charge < -0.3 is 18.6 Å². The van der Waals surface area contributed by atoms with Crippen LogP contribution < -0.4 is 19.6 Å². The summed E-state index contributed by atoms with van der Waals surface area (Å²) in [7, 11) is 1.56. The smallest absolute Gasteiger partial charge is 0.334 e. The number of carbonyl (C=O) groups is 1. The maximum atomic E-state index is 12.7. The van der Waals surface area contributed by atoms with Gasteiger partial charge in [-0.05, 0) is 42.0 Å². The Morgan fingerprint density at radius 2 is 1.61 bits per heavy atom. The molecule has 1 heterocycles. The number of benzene rings is 3. The first-order valence-electron chi connectivity index (χ1n) is 9.33. The van der Waals surface area contributed by atoms with Crippen molar-refractivity contribution in [2.24, 2.45) is 0 Å². The van der Waals surface area contributed by atoms with Gasteiger partial charge >= 0.3 is 5.97 Å². The van der Waals surface area contributed by atoms with Crippen LogP contribution in [0.1, 0.15) is 10.9 Å². The van der Waals surface area contributed by atoms with E-state index >= 15 is 0 Å². The van der Waals surface area contributed by atoms with Gasteiger partial charge in [-0.3, -0.25) is 4.79 Å². The molecule has 0 N–H and O–H groups in total. The summed E-state index contributed by atoms with van der Waals surface area (Å²) in [5.74, 6) is 0.755. The molecule has 1 aromatic heterocycles. The molecule has 7 heteroatoms. The number of halogens is 1. The quantitative estimate of drug-likeness (QED) is 0.226. The van der Waals surface area contributed by atoms with Crippen molar-refractivity contribution in [2.75, 3.05) is 7.11 Å². The highest BCUT2D eigenvalue weighted by Crippen LogP contribution is 2.27. The third-order valence-corrected chi connectivity index (χ3v) is 4.95. The van der Waals surface area contributed by atoms with Crippen LogP contribution in [0, 0.1) is 0 Å². The van der Waals surface area contributed by atoms with Crippen LogP contribution in [0.2, 0.25) is 0 Å². The van der Waals surface area contributed by atoms with Crippen LogP contribution in [0.15, 0.2) is 88.3 Å². The van der Waals surface area contributed by atoms with Crippen LogP contribution in [0.4, 0.5) is 0 Å². The predicted octanol–water partition coefficient (Wildman–Crippen LogP) is 5.48. The number of rotatable bonds is 6. The topological polar surface area (TPSA) is 75.0 Å². The average Bonchev–Trinajstić information content (AvgIpc) is 2.81. The summed E-state index contributed by atoms with van der Waals surface area (Å²) in [6, 6.07) is 20.2. The Morgan fingerprint density at radius 3 is 2.32 bits per heavy atom. The van der Waals surface area contributed by atoms with Gasteiger partial charge in [0.15, 0.2) is 5.38 Å². The largest absolute Gasteiger partial charge is 0.497 e. The molecule has 0 saturated heterocycles. The molecule has 1 unspecified atom stereocenters. The van der Waals surface area contributed by atoms with Crippen LogP contribution in [0.25, 0.3) is 11.0 Å². The van der Waals surface area contributed by atoms with Gasteiger partial charge in [0.05, 0.1) is 12.5 Å². The molecule has 31 heavy (non-hydrogen) atoms. The molecule has 0 aliphatic heterocycles. The highest BCUT2D eigenvalue weighted by atomic mass is 35.5. The number of ether oxygens (including phenoxy) is 3. The minimum atomic E-state index is -0.954. The van der Waals surface area contributed by atoms with E-state index in [-0.39, 0.29) is 27.9 Å². The minimum absolute atomic E-state index is 0.0345. The summed E-state index contributed by atoms with van der Waals surface area (Å²) in [5.41, 5.74) is 0.527. The van der Waals surface area contributed by atoms with E-state index in [9.17, 15) is 9.59 Å². The van der Waals surface area contributed by atoms with Crippen molar-refractivity contribution in [3.05, 3.63) is 94.8 Å². The lowest BCUT2D eigenvalue weighted by atomic mass is 10.1. The standard InChI is InChI=1S/C24H17ClO6/c1-28-16-7-9-17(10-8-16)30-21-14-29-20-13-18(11-12-19(20)23(21)26)31-24(27)22(25)15-5-3-2-4-6-15/h2-14,22H,1H3. The van der Waals surface area contributed by atoms with E-state index in [2.05, 4.69) is 0 Å². The number of hydrogen-bond donors (Lipinski definition) is 0. The van der Waals surface area contributed by atoms with Gasteiger partial charge in [-0.1, -0.05) is 30.3 Å². The SMILES string of the molecule is COc1ccc(Oc2coc3cc(OC(=O)C(Cl)c4ccccc4)ccc3c2=O)cc1. The normalized spacial score (nSPS) is 11.7. The summed E-state index contributed by atoms with van der Waals surface area (Å²) in [6.07, 6.45) is 1.22. The van der Waals surface area contributed by atoms with Gasteiger partial charge in [0.25, 0.3) is 0 Å². The highest BCUT2D eigenvalue weighted by Gasteiger charge is 2.20. The zero-order chi connectivity index (χ0) is 21.8. The van der Waals surface area contributed by atoms with Crippen LogP contribution in [0.3, 0.4) is 0 Å². The second kappa shape index (κ2) is 8.93. The number of methoxy groups -OCH3 is 1. The van der Waals surface area contributed by atoms with E-state index in [0.717, 1.165) is 0 Å².